The van der Waals surface area contributed by atoms with Gasteiger partial charge in [-0.3, -0.25) is 4.79 Å². The number of unbranched alkanes of at least 4 members (excludes halogenated alkanes) is 4. The first-order chi connectivity index (χ1) is 9.63. The smallest absolute Gasteiger partial charge is 0.305 e. The van der Waals surface area contributed by atoms with Crippen molar-refractivity contribution in [3.63, 3.8) is 0 Å². The Kier molecular flexibility index (Phi) is 7.70. The molecule has 0 unspecified atom stereocenters. The van der Waals surface area contributed by atoms with Gasteiger partial charge < -0.3 is 10.0 Å². The van der Waals surface area contributed by atoms with Gasteiger partial charge in [-0.25, -0.2) is 4.98 Å². The van der Waals surface area contributed by atoms with Crippen LogP contribution in [0.5, 0.6) is 0 Å². The van der Waals surface area contributed by atoms with Gasteiger partial charge in [0, 0.05) is 19.3 Å². The maximum Gasteiger partial charge on any atom is 0.305 e. The summed E-state index contributed by atoms with van der Waals surface area (Å²) in [7, 11) is 0. The van der Waals surface area contributed by atoms with Crippen molar-refractivity contribution in [1.82, 2.24) is 4.98 Å². The zero-order chi connectivity index (χ0) is 14.8. The highest BCUT2D eigenvalue weighted by molar-refractivity contribution is 5.67. The average Bonchev–Trinajstić information content (AvgIpc) is 2.41. The maximum absolute atomic E-state index is 10.8. The van der Waals surface area contributed by atoms with Gasteiger partial charge in [0.1, 0.15) is 5.82 Å². The Morgan fingerprint density at radius 1 is 1.25 bits per heavy atom. The van der Waals surface area contributed by atoms with E-state index in [9.17, 15) is 4.79 Å². The molecule has 0 radical (unpaired) electrons. The van der Waals surface area contributed by atoms with Crippen LogP contribution in [-0.2, 0) is 4.79 Å². The molecule has 1 aromatic rings. The molecule has 0 aromatic carbocycles. The first-order valence-electron chi connectivity index (χ1n) is 7.53. The van der Waals surface area contributed by atoms with E-state index in [1.54, 1.807) is 6.20 Å². The maximum atomic E-state index is 10.8. The van der Waals surface area contributed by atoms with Crippen molar-refractivity contribution >= 4 is 11.8 Å². The minimum atomic E-state index is -0.756. The molecule has 0 spiro atoms. The molecule has 1 aromatic heterocycles. The SMILES string of the molecule is CCCCCCCN(CCC(=O)O)c1cc(C)ccn1. The number of aryl methyl sites for hydroxylation is 1. The van der Waals surface area contributed by atoms with Gasteiger partial charge in [-0.05, 0) is 31.0 Å². The summed E-state index contributed by atoms with van der Waals surface area (Å²) >= 11 is 0. The number of rotatable bonds is 10. The van der Waals surface area contributed by atoms with Crippen molar-refractivity contribution in [3.05, 3.63) is 23.9 Å². The van der Waals surface area contributed by atoms with Gasteiger partial charge in [-0.1, -0.05) is 32.6 Å². The third kappa shape index (κ3) is 6.55. The second-order valence-electron chi connectivity index (χ2n) is 5.24. The topological polar surface area (TPSA) is 53.4 Å². The highest BCUT2D eigenvalue weighted by Crippen LogP contribution is 2.14. The minimum absolute atomic E-state index is 0.157. The van der Waals surface area contributed by atoms with Crippen LogP contribution in [0.1, 0.15) is 51.0 Å². The number of aliphatic carboxylic acids is 1. The number of hydrogen-bond acceptors (Lipinski definition) is 3. The summed E-state index contributed by atoms with van der Waals surface area (Å²) in [6, 6.07) is 3.98. The molecule has 1 N–H and O–H groups in total. The monoisotopic (exact) mass is 278 g/mol. The minimum Gasteiger partial charge on any atom is -0.481 e. The van der Waals surface area contributed by atoms with Crippen LogP contribution in [-0.4, -0.2) is 29.1 Å². The van der Waals surface area contributed by atoms with Crippen LogP contribution in [0.15, 0.2) is 18.3 Å². The Hall–Kier alpha value is -1.58. The fraction of sp³-hybridized carbons (Fsp3) is 0.625. The lowest BCUT2D eigenvalue weighted by molar-refractivity contribution is -0.136. The molecule has 0 fully saturated rings. The molecule has 0 atom stereocenters. The molecule has 0 aliphatic carbocycles. The molecule has 0 bridgehead atoms. The zero-order valence-electron chi connectivity index (χ0n) is 12.6. The Morgan fingerprint density at radius 3 is 2.65 bits per heavy atom. The van der Waals surface area contributed by atoms with Gasteiger partial charge in [0.15, 0.2) is 0 Å². The number of aromatic nitrogens is 1. The molecule has 0 saturated heterocycles. The third-order valence-electron chi connectivity index (χ3n) is 3.35. The Labute approximate surface area is 121 Å². The normalized spacial score (nSPS) is 10.5. The molecule has 0 aliphatic rings. The van der Waals surface area contributed by atoms with Gasteiger partial charge in [-0.2, -0.15) is 0 Å². The van der Waals surface area contributed by atoms with Crippen LogP contribution >= 0.6 is 0 Å². The van der Waals surface area contributed by atoms with E-state index in [0.717, 1.165) is 24.3 Å². The van der Waals surface area contributed by atoms with Crippen molar-refractivity contribution in [2.45, 2.75) is 52.4 Å². The van der Waals surface area contributed by atoms with Crippen LogP contribution in [0, 0.1) is 6.92 Å². The van der Waals surface area contributed by atoms with Crippen molar-refractivity contribution in [2.75, 3.05) is 18.0 Å². The van der Waals surface area contributed by atoms with E-state index < -0.39 is 5.97 Å². The second kappa shape index (κ2) is 9.34. The van der Waals surface area contributed by atoms with Crippen LogP contribution in [0.4, 0.5) is 5.82 Å². The molecule has 1 rings (SSSR count). The van der Waals surface area contributed by atoms with Crippen molar-refractivity contribution in [3.8, 4) is 0 Å². The van der Waals surface area contributed by atoms with Crippen LogP contribution in [0.3, 0.4) is 0 Å². The molecule has 0 amide bonds. The first-order valence-corrected chi connectivity index (χ1v) is 7.53. The molecular weight excluding hydrogens is 252 g/mol. The van der Waals surface area contributed by atoms with E-state index in [1.165, 1.54) is 25.7 Å². The Morgan fingerprint density at radius 2 is 2.00 bits per heavy atom. The number of carboxylic acid groups (broad SMARTS) is 1. The van der Waals surface area contributed by atoms with Gasteiger partial charge >= 0.3 is 5.97 Å². The summed E-state index contributed by atoms with van der Waals surface area (Å²) in [6.07, 6.45) is 8.00. The van der Waals surface area contributed by atoms with E-state index in [1.807, 2.05) is 19.1 Å². The summed E-state index contributed by atoms with van der Waals surface area (Å²) in [5.41, 5.74) is 1.15. The molecule has 0 saturated carbocycles. The lowest BCUT2D eigenvalue weighted by Gasteiger charge is -2.23. The van der Waals surface area contributed by atoms with Gasteiger partial charge in [0.25, 0.3) is 0 Å². The second-order valence-corrected chi connectivity index (χ2v) is 5.24. The molecule has 0 aliphatic heterocycles. The first kappa shape index (κ1) is 16.5. The summed E-state index contributed by atoms with van der Waals surface area (Å²) in [6.45, 7) is 5.64. The number of nitrogens with zero attached hydrogens (tertiary/aromatic N) is 2. The predicted octanol–water partition coefficient (Wildman–Crippen LogP) is 3.64. The summed E-state index contributed by atoms with van der Waals surface area (Å²) in [4.78, 5) is 17.2. The molecule has 4 nitrogen and oxygen atoms in total. The molecule has 4 heteroatoms. The number of hydrogen-bond donors (Lipinski definition) is 1. The zero-order valence-corrected chi connectivity index (χ0v) is 12.6. The van der Waals surface area contributed by atoms with Gasteiger partial charge in [0.05, 0.1) is 6.42 Å². The average molecular weight is 278 g/mol. The summed E-state index contributed by atoms with van der Waals surface area (Å²) in [5.74, 6) is 0.135. The summed E-state index contributed by atoms with van der Waals surface area (Å²) in [5, 5.41) is 8.86. The standard InChI is InChI=1S/C16H26N2O2/c1-3-4-5-6-7-11-18(12-9-16(19)20)15-13-14(2)8-10-17-15/h8,10,13H,3-7,9,11-12H2,1-2H3,(H,19,20). The van der Waals surface area contributed by atoms with Crippen LogP contribution < -0.4 is 4.90 Å². The third-order valence-corrected chi connectivity index (χ3v) is 3.35. The fourth-order valence-corrected chi connectivity index (χ4v) is 2.17. The van der Waals surface area contributed by atoms with Gasteiger partial charge in [0.2, 0.25) is 0 Å². The fourth-order valence-electron chi connectivity index (χ4n) is 2.17. The predicted molar refractivity (Wildman–Crippen MR) is 82.2 cm³/mol. The molecule has 1 heterocycles. The van der Waals surface area contributed by atoms with Crippen molar-refractivity contribution in [1.29, 1.82) is 0 Å². The highest BCUT2D eigenvalue weighted by atomic mass is 16.4. The van der Waals surface area contributed by atoms with E-state index in [2.05, 4.69) is 16.8 Å². The van der Waals surface area contributed by atoms with E-state index >= 15 is 0 Å². The Balaban J connectivity index is 2.53. The summed E-state index contributed by atoms with van der Waals surface area (Å²) < 4.78 is 0. The van der Waals surface area contributed by atoms with Crippen LogP contribution in [0.2, 0.25) is 0 Å². The lowest BCUT2D eigenvalue weighted by atomic mass is 10.1. The number of anilines is 1. The van der Waals surface area contributed by atoms with Gasteiger partial charge in [-0.15, -0.1) is 0 Å². The number of carboxylic acids is 1. The number of pyridine rings is 1. The van der Waals surface area contributed by atoms with Crippen molar-refractivity contribution in [2.24, 2.45) is 0 Å². The van der Waals surface area contributed by atoms with Crippen LogP contribution in [0.25, 0.3) is 0 Å². The molecular formula is C16H26N2O2. The van der Waals surface area contributed by atoms with E-state index in [-0.39, 0.29) is 6.42 Å². The molecule has 20 heavy (non-hydrogen) atoms. The van der Waals surface area contributed by atoms with Crippen molar-refractivity contribution < 1.29 is 9.90 Å². The lowest BCUT2D eigenvalue weighted by Crippen LogP contribution is -2.28. The quantitative estimate of drug-likeness (QED) is 0.664. The highest BCUT2D eigenvalue weighted by Gasteiger charge is 2.09. The number of carbonyl (C=O) groups is 1. The molecule has 112 valence electrons. The Bertz CT molecular complexity index is 407. The largest absolute Gasteiger partial charge is 0.481 e. The van der Waals surface area contributed by atoms with E-state index in [4.69, 9.17) is 5.11 Å². The van der Waals surface area contributed by atoms with E-state index in [0.29, 0.717) is 6.54 Å².